The maximum Gasteiger partial charge on any atom is 0.273 e. The molecule has 0 N–H and O–H groups in total. The van der Waals surface area contributed by atoms with Crippen molar-refractivity contribution < 1.29 is 9.59 Å². The van der Waals surface area contributed by atoms with Gasteiger partial charge in [0.15, 0.2) is 0 Å². The lowest BCUT2D eigenvalue weighted by Crippen LogP contribution is -2.42. The molecule has 5 rings (SSSR count). The van der Waals surface area contributed by atoms with E-state index in [-0.39, 0.29) is 17.7 Å². The molecule has 1 saturated carbocycles. The summed E-state index contributed by atoms with van der Waals surface area (Å²) < 4.78 is 0. The number of nitrogens with zero attached hydrogens (tertiary/aromatic N) is 6. The summed E-state index contributed by atoms with van der Waals surface area (Å²) in [5, 5.41) is 0. The van der Waals surface area contributed by atoms with Crippen LogP contribution in [0.1, 0.15) is 92.5 Å². The smallest absolute Gasteiger partial charge is 0.273 e. The Kier molecular flexibility index (Phi) is 9.58. The maximum atomic E-state index is 14.2. The minimum Gasteiger partial charge on any atom is -0.341 e. The highest BCUT2D eigenvalue weighted by Crippen LogP contribution is 2.33. The summed E-state index contributed by atoms with van der Waals surface area (Å²) in [7, 11) is 0. The second-order valence-corrected chi connectivity index (χ2v) is 12.5. The lowest BCUT2D eigenvalue weighted by molar-refractivity contribution is -0.123. The Morgan fingerprint density at radius 2 is 1.61 bits per heavy atom. The van der Waals surface area contributed by atoms with Crippen LogP contribution >= 0.6 is 0 Å². The number of hydrogen-bond acceptors (Lipinski definition) is 6. The van der Waals surface area contributed by atoms with Crippen molar-refractivity contribution in [2.24, 2.45) is 5.92 Å². The highest BCUT2D eigenvalue weighted by Gasteiger charge is 2.31. The Balaban J connectivity index is 1.51. The summed E-state index contributed by atoms with van der Waals surface area (Å²) in [4.78, 5) is 46.4. The second kappa shape index (κ2) is 13.3. The van der Waals surface area contributed by atoms with E-state index in [1.807, 2.05) is 17.9 Å². The third-order valence-corrected chi connectivity index (χ3v) is 9.13. The first kappa shape index (κ1) is 29.5. The van der Waals surface area contributed by atoms with E-state index in [9.17, 15) is 9.59 Å². The number of amides is 2. The van der Waals surface area contributed by atoms with Crippen LogP contribution in [-0.4, -0.2) is 76.9 Å². The van der Waals surface area contributed by atoms with Gasteiger partial charge in [-0.15, -0.1) is 0 Å². The largest absolute Gasteiger partial charge is 0.341 e. The summed E-state index contributed by atoms with van der Waals surface area (Å²) in [6.07, 6.45) is 8.61. The Morgan fingerprint density at radius 1 is 0.854 bits per heavy atom. The van der Waals surface area contributed by atoms with Gasteiger partial charge >= 0.3 is 0 Å². The quantitative estimate of drug-likeness (QED) is 0.501. The fourth-order valence-electron chi connectivity index (χ4n) is 6.79. The van der Waals surface area contributed by atoms with Gasteiger partial charge in [0.25, 0.3) is 5.91 Å². The molecular formula is C33H48N6O2. The molecule has 0 radical (unpaired) electrons. The van der Waals surface area contributed by atoms with E-state index in [2.05, 4.69) is 58.7 Å². The van der Waals surface area contributed by atoms with E-state index in [1.54, 1.807) is 0 Å². The summed E-state index contributed by atoms with van der Waals surface area (Å²) in [5.74, 6) is 0.938. The summed E-state index contributed by atoms with van der Waals surface area (Å²) in [5.41, 5.74) is 4.39. The van der Waals surface area contributed by atoms with Gasteiger partial charge in [-0.2, -0.15) is 0 Å². The first-order chi connectivity index (χ1) is 19.8. The van der Waals surface area contributed by atoms with Crippen LogP contribution in [0.15, 0.2) is 24.3 Å². The van der Waals surface area contributed by atoms with E-state index in [4.69, 9.17) is 4.98 Å². The lowest BCUT2D eigenvalue weighted by atomic mass is 9.87. The van der Waals surface area contributed by atoms with Gasteiger partial charge in [0.1, 0.15) is 5.69 Å². The summed E-state index contributed by atoms with van der Waals surface area (Å²) in [6, 6.07) is 8.43. The van der Waals surface area contributed by atoms with Crippen LogP contribution in [0.25, 0.3) is 0 Å². The van der Waals surface area contributed by atoms with Crippen LogP contribution in [0.2, 0.25) is 0 Å². The molecule has 0 bridgehead atoms. The number of carbonyl (C=O) groups excluding carboxylic acids is 2. The number of aryl methyl sites for hydroxylation is 2. The fraction of sp³-hybridized carbons (Fsp3) is 0.636. The zero-order valence-corrected chi connectivity index (χ0v) is 25.6. The van der Waals surface area contributed by atoms with Crippen LogP contribution in [0, 0.1) is 19.8 Å². The fourth-order valence-corrected chi connectivity index (χ4v) is 6.79. The van der Waals surface area contributed by atoms with Crippen LogP contribution in [0.3, 0.4) is 0 Å². The van der Waals surface area contributed by atoms with Gasteiger partial charge in [-0.05, 0) is 77.0 Å². The summed E-state index contributed by atoms with van der Waals surface area (Å²) >= 11 is 0. The van der Waals surface area contributed by atoms with Crippen molar-refractivity contribution in [3.63, 3.8) is 0 Å². The Hall–Kier alpha value is -3.00. The number of fused-ring (bicyclic) bond motifs is 1. The SMILES string of the molecule is Cc1cc(C(=O)N2CCN(C(C)C)CCCN(C(=O)C3CCCCC3)c3c(C)cccc3C2)nc(N2CCCC2)n1. The van der Waals surface area contributed by atoms with Gasteiger partial charge < -0.3 is 14.7 Å². The second-order valence-electron chi connectivity index (χ2n) is 12.5. The molecule has 8 heteroatoms. The Labute approximate surface area is 246 Å². The van der Waals surface area contributed by atoms with E-state index in [0.29, 0.717) is 37.3 Å². The zero-order chi connectivity index (χ0) is 28.9. The Bertz CT molecular complexity index is 1220. The minimum absolute atomic E-state index is 0.0727. The molecule has 0 unspecified atom stereocenters. The third-order valence-electron chi connectivity index (χ3n) is 9.13. The van der Waals surface area contributed by atoms with Crippen molar-refractivity contribution in [3.05, 3.63) is 46.8 Å². The van der Waals surface area contributed by atoms with Crippen molar-refractivity contribution in [2.75, 3.05) is 49.1 Å². The predicted molar refractivity (Wildman–Crippen MR) is 164 cm³/mol. The lowest BCUT2D eigenvalue weighted by Gasteiger charge is -2.33. The number of anilines is 2. The van der Waals surface area contributed by atoms with Crippen LogP contribution in [0.5, 0.6) is 0 Å². The van der Waals surface area contributed by atoms with E-state index in [0.717, 1.165) is 93.6 Å². The van der Waals surface area contributed by atoms with Gasteiger partial charge in [-0.3, -0.25) is 14.5 Å². The van der Waals surface area contributed by atoms with Crippen molar-refractivity contribution >= 4 is 23.5 Å². The molecule has 2 amide bonds. The third kappa shape index (κ3) is 6.91. The minimum atomic E-state index is -0.0727. The molecule has 0 spiro atoms. The van der Waals surface area contributed by atoms with Crippen molar-refractivity contribution in [1.82, 2.24) is 19.8 Å². The predicted octanol–water partition coefficient (Wildman–Crippen LogP) is 5.36. The average molecular weight is 561 g/mol. The normalized spacial score (nSPS) is 19.8. The molecule has 3 heterocycles. The van der Waals surface area contributed by atoms with E-state index < -0.39 is 0 Å². The molecule has 1 saturated heterocycles. The first-order valence-corrected chi connectivity index (χ1v) is 15.9. The van der Waals surface area contributed by atoms with Crippen molar-refractivity contribution in [2.45, 2.75) is 91.6 Å². The molecule has 222 valence electrons. The number of carbonyl (C=O) groups is 2. The molecule has 2 aromatic rings. The van der Waals surface area contributed by atoms with Gasteiger partial charge in [-0.25, -0.2) is 9.97 Å². The molecule has 1 aliphatic carbocycles. The molecule has 3 aliphatic rings. The number of hydrogen-bond donors (Lipinski definition) is 0. The van der Waals surface area contributed by atoms with Gasteiger partial charge in [0, 0.05) is 63.5 Å². The molecule has 2 fully saturated rings. The highest BCUT2D eigenvalue weighted by atomic mass is 16.2. The highest BCUT2D eigenvalue weighted by molar-refractivity contribution is 5.97. The maximum absolute atomic E-state index is 14.2. The number of rotatable bonds is 4. The van der Waals surface area contributed by atoms with Crippen molar-refractivity contribution in [3.8, 4) is 0 Å². The number of benzene rings is 1. The van der Waals surface area contributed by atoms with Crippen LogP contribution in [-0.2, 0) is 11.3 Å². The molecule has 2 aliphatic heterocycles. The first-order valence-electron chi connectivity index (χ1n) is 15.9. The van der Waals surface area contributed by atoms with E-state index in [1.165, 1.54) is 6.42 Å². The average Bonchev–Trinajstić information content (AvgIpc) is 3.50. The van der Waals surface area contributed by atoms with Crippen LogP contribution in [0.4, 0.5) is 11.6 Å². The van der Waals surface area contributed by atoms with E-state index >= 15 is 0 Å². The number of aromatic nitrogens is 2. The summed E-state index contributed by atoms with van der Waals surface area (Å²) in [6.45, 7) is 13.8. The molecule has 1 aromatic heterocycles. The molecular weight excluding hydrogens is 512 g/mol. The number of para-hydroxylation sites is 1. The van der Waals surface area contributed by atoms with Gasteiger partial charge in [0.05, 0.1) is 5.69 Å². The monoisotopic (exact) mass is 560 g/mol. The topological polar surface area (TPSA) is 72.9 Å². The zero-order valence-electron chi connectivity index (χ0n) is 25.6. The molecule has 0 atom stereocenters. The molecule has 1 aromatic carbocycles. The van der Waals surface area contributed by atoms with Gasteiger partial charge in [-0.1, -0.05) is 37.5 Å². The molecule has 41 heavy (non-hydrogen) atoms. The Morgan fingerprint density at radius 3 is 2.34 bits per heavy atom. The standard InChI is InChI=1S/C33H48N6O2/c1-24(2)36-18-11-19-39(31(40)27-13-6-5-7-14-27)30-25(3)12-10-15-28(30)23-38(21-20-36)32(41)29-22-26(4)34-33(35-29)37-16-8-9-17-37/h10,12,15,22,24,27H,5-9,11,13-14,16-21,23H2,1-4H3. The van der Waals surface area contributed by atoms with Crippen molar-refractivity contribution in [1.29, 1.82) is 0 Å². The van der Waals surface area contributed by atoms with Gasteiger partial charge in [0.2, 0.25) is 11.9 Å². The molecule has 8 nitrogen and oxygen atoms in total. The van der Waals surface area contributed by atoms with Crippen LogP contribution < -0.4 is 9.80 Å².